The summed E-state index contributed by atoms with van der Waals surface area (Å²) in [5.74, 6) is -1.86. The van der Waals surface area contributed by atoms with Crippen LogP contribution in [0, 0.1) is 11.6 Å². The molecule has 0 fully saturated rings. The molecule has 1 atom stereocenters. The molecule has 0 bridgehead atoms. The Kier molecular flexibility index (Phi) is 5.24. The van der Waals surface area contributed by atoms with Gasteiger partial charge in [-0.2, -0.15) is 0 Å². The van der Waals surface area contributed by atoms with Crippen LogP contribution in [-0.2, 0) is 6.54 Å². The van der Waals surface area contributed by atoms with Crippen LogP contribution in [0.2, 0.25) is 0 Å². The van der Waals surface area contributed by atoms with Gasteiger partial charge in [-0.15, -0.1) is 11.3 Å². The van der Waals surface area contributed by atoms with Gasteiger partial charge in [-0.25, -0.2) is 8.78 Å². The third-order valence-corrected chi connectivity index (χ3v) is 4.95. The molecule has 1 unspecified atom stereocenters. The van der Waals surface area contributed by atoms with Crippen LogP contribution in [0.25, 0.3) is 0 Å². The van der Waals surface area contributed by atoms with Gasteiger partial charge in [-0.1, -0.05) is 0 Å². The highest BCUT2D eigenvalue weighted by Gasteiger charge is 2.23. The number of Topliss-reactive ketones (excluding diaryl/α,β-unsaturated/α-hetero) is 1. The van der Waals surface area contributed by atoms with E-state index in [-0.39, 0.29) is 11.3 Å². The summed E-state index contributed by atoms with van der Waals surface area (Å²) >= 11 is 4.97. The van der Waals surface area contributed by atoms with Crippen molar-refractivity contribution in [2.75, 3.05) is 7.05 Å². The van der Waals surface area contributed by atoms with Gasteiger partial charge in [0.25, 0.3) is 0 Å². The summed E-state index contributed by atoms with van der Waals surface area (Å²) in [6.07, 6.45) is 0. The minimum atomic E-state index is -0.820. The maximum atomic E-state index is 13.7. The largest absolute Gasteiger partial charge is 0.292 e. The van der Waals surface area contributed by atoms with Crippen LogP contribution in [0.15, 0.2) is 34.1 Å². The molecule has 2 rings (SSSR count). The Morgan fingerprint density at radius 1 is 1.38 bits per heavy atom. The zero-order valence-corrected chi connectivity index (χ0v) is 14.0. The molecule has 1 aromatic heterocycles. The number of likely N-dealkylation sites (N-methyl/N-ethyl adjacent to an activating group) is 1. The zero-order chi connectivity index (χ0) is 15.6. The van der Waals surface area contributed by atoms with E-state index in [2.05, 4.69) is 15.9 Å². The Morgan fingerprint density at radius 2 is 2.10 bits per heavy atom. The molecule has 21 heavy (non-hydrogen) atoms. The van der Waals surface area contributed by atoms with Gasteiger partial charge >= 0.3 is 0 Å². The number of nitrogens with zero attached hydrogens (tertiary/aromatic N) is 1. The van der Waals surface area contributed by atoms with Crippen molar-refractivity contribution in [3.63, 3.8) is 0 Å². The number of carbonyl (C=O) groups is 1. The summed E-state index contributed by atoms with van der Waals surface area (Å²) in [6, 6.07) is 4.51. The Balaban J connectivity index is 2.11. The van der Waals surface area contributed by atoms with E-state index in [9.17, 15) is 13.6 Å². The van der Waals surface area contributed by atoms with E-state index in [1.165, 1.54) is 6.07 Å². The lowest BCUT2D eigenvalue weighted by atomic mass is 10.0. The number of halogens is 3. The number of rotatable bonds is 5. The molecule has 0 aliphatic heterocycles. The van der Waals surface area contributed by atoms with Crippen LogP contribution < -0.4 is 0 Å². The molecule has 6 heteroatoms. The van der Waals surface area contributed by atoms with Gasteiger partial charge in [0.2, 0.25) is 0 Å². The second-order valence-corrected chi connectivity index (χ2v) is 6.72. The van der Waals surface area contributed by atoms with Crippen molar-refractivity contribution >= 4 is 33.0 Å². The average molecular weight is 374 g/mol. The van der Waals surface area contributed by atoms with E-state index < -0.39 is 17.7 Å². The normalized spacial score (nSPS) is 12.7. The second kappa shape index (κ2) is 6.77. The number of carbonyl (C=O) groups excluding carboxylic acids is 1. The van der Waals surface area contributed by atoms with Gasteiger partial charge in [-0.05, 0) is 48.1 Å². The van der Waals surface area contributed by atoms with Gasteiger partial charge in [0.1, 0.15) is 11.6 Å². The van der Waals surface area contributed by atoms with E-state index in [1.54, 1.807) is 25.3 Å². The number of thiophene rings is 1. The summed E-state index contributed by atoms with van der Waals surface area (Å²) in [5.41, 5.74) is -0.0805. The van der Waals surface area contributed by atoms with E-state index in [4.69, 9.17) is 0 Å². The van der Waals surface area contributed by atoms with Crippen molar-refractivity contribution in [3.8, 4) is 0 Å². The molecule has 0 aliphatic rings. The molecule has 0 spiro atoms. The Morgan fingerprint density at radius 3 is 2.67 bits per heavy atom. The molecule has 1 aromatic carbocycles. The fourth-order valence-electron chi connectivity index (χ4n) is 1.93. The van der Waals surface area contributed by atoms with Gasteiger partial charge in [0.05, 0.1) is 11.6 Å². The number of hydrogen-bond acceptors (Lipinski definition) is 3. The molecular formula is C15H14BrF2NOS. The van der Waals surface area contributed by atoms with Crippen LogP contribution in [0.4, 0.5) is 8.78 Å². The van der Waals surface area contributed by atoms with Gasteiger partial charge < -0.3 is 0 Å². The van der Waals surface area contributed by atoms with E-state index in [0.29, 0.717) is 6.54 Å². The molecule has 0 radical (unpaired) electrons. The van der Waals surface area contributed by atoms with Crippen molar-refractivity contribution in [3.05, 3.63) is 56.2 Å². The van der Waals surface area contributed by atoms with E-state index in [1.807, 2.05) is 16.3 Å². The molecular weight excluding hydrogens is 360 g/mol. The molecule has 112 valence electrons. The summed E-state index contributed by atoms with van der Waals surface area (Å²) in [5, 5.41) is 1.97. The first-order chi connectivity index (χ1) is 9.88. The van der Waals surface area contributed by atoms with Crippen LogP contribution >= 0.6 is 27.3 Å². The quantitative estimate of drug-likeness (QED) is 0.719. The smallest absolute Gasteiger partial charge is 0.182 e. The monoisotopic (exact) mass is 373 g/mol. The number of hydrogen-bond donors (Lipinski definition) is 0. The van der Waals surface area contributed by atoms with Crippen LogP contribution in [0.5, 0.6) is 0 Å². The fraction of sp³-hybridized carbons (Fsp3) is 0.267. The third-order valence-electron chi connectivity index (χ3n) is 3.26. The fourth-order valence-corrected chi connectivity index (χ4v) is 3.45. The third kappa shape index (κ3) is 3.96. The standard InChI is InChI=1S/C15H14BrF2NOS/c1-9(19(2)7-12-5-10(16)8-21-12)15(20)13-4-3-11(17)6-14(13)18/h3-6,8-9H,7H2,1-2H3. The van der Waals surface area contributed by atoms with Crippen molar-refractivity contribution < 1.29 is 13.6 Å². The lowest BCUT2D eigenvalue weighted by Gasteiger charge is -2.23. The van der Waals surface area contributed by atoms with E-state index >= 15 is 0 Å². The van der Waals surface area contributed by atoms with Crippen molar-refractivity contribution in [1.29, 1.82) is 0 Å². The predicted molar refractivity (Wildman–Crippen MR) is 83.6 cm³/mol. The maximum absolute atomic E-state index is 13.7. The van der Waals surface area contributed by atoms with Gasteiger partial charge in [0.15, 0.2) is 5.78 Å². The molecule has 0 aliphatic carbocycles. The van der Waals surface area contributed by atoms with Crippen LogP contribution in [0.3, 0.4) is 0 Å². The molecule has 0 N–H and O–H groups in total. The number of benzene rings is 1. The highest BCUT2D eigenvalue weighted by atomic mass is 79.9. The first-order valence-corrected chi connectivity index (χ1v) is 7.98. The topological polar surface area (TPSA) is 20.3 Å². The molecule has 1 heterocycles. The second-order valence-electron chi connectivity index (χ2n) is 4.81. The lowest BCUT2D eigenvalue weighted by Crippen LogP contribution is -2.35. The van der Waals surface area contributed by atoms with Crippen molar-refractivity contribution in [2.45, 2.75) is 19.5 Å². The van der Waals surface area contributed by atoms with Crippen LogP contribution in [0.1, 0.15) is 22.2 Å². The van der Waals surface area contributed by atoms with Gasteiger partial charge in [0, 0.05) is 27.3 Å². The predicted octanol–water partition coefficient (Wildman–Crippen LogP) is 4.49. The highest BCUT2D eigenvalue weighted by molar-refractivity contribution is 9.10. The minimum Gasteiger partial charge on any atom is -0.292 e. The first kappa shape index (κ1) is 16.3. The van der Waals surface area contributed by atoms with Crippen molar-refractivity contribution in [1.82, 2.24) is 4.90 Å². The van der Waals surface area contributed by atoms with Crippen LogP contribution in [-0.4, -0.2) is 23.8 Å². The van der Waals surface area contributed by atoms with Crippen molar-refractivity contribution in [2.24, 2.45) is 0 Å². The molecule has 0 amide bonds. The Bertz CT molecular complexity index is 659. The summed E-state index contributed by atoms with van der Waals surface area (Å²) in [7, 11) is 1.80. The summed E-state index contributed by atoms with van der Waals surface area (Å²) in [4.78, 5) is 15.2. The Hall–Kier alpha value is -1.11. The molecule has 2 aromatic rings. The maximum Gasteiger partial charge on any atom is 0.182 e. The van der Waals surface area contributed by atoms with Gasteiger partial charge in [-0.3, -0.25) is 9.69 Å². The molecule has 2 nitrogen and oxygen atoms in total. The minimum absolute atomic E-state index is 0.0805. The summed E-state index contributed by atoms with van der Waals surface area (Å²) < 4.78 is 27.6. The first-order valence-electron chi connectivity index (χ1n) is 6.31. The SMILES string of the molecule is CC(C(=O)c1ccc(F)cc1F)N(C)Cc1cc(Br)cs1. The molecule has 0 saturated carbocycles. The lowest BCUT2D eigenvalue weighted by molar-refractivity contribution is 0.0859. The zero-order valence-electron chi connectivity index (χ0n) is 11.6. The molecule has 0 saturated heterocycles. The Labute approximate surface area is 134 Å². The average Bonchev–Trinajstić information content (AvgIpc) is 2.82. The highest BCUT2D eigenvalue weighted by Crippen LogP contribution is 2.22. The van der Waals surface area contributed by atoms with E-state index in [0.717, 1.165) is 21.5 Å². The number of ketones is 1. The summed E-state index contributed by atoms with van der Waals surface area (Å²) in [6.45, 7) is 2.31.